The fraction of sp³-hybridized carbons (Fsp3) is 0.118. The van der Waals surface area contributed by atoms with Gasteiger partial charge in [0.1, 0.15) is 17.6 Å². The Labute approximate surface area is 111 Å². The van der Waals surface area contributed by atoms with Gasteiger partial charge in [0, 0.05) is 16.5 Å². The molecule has 0 unspecified atom stereocenters. The van der Waals surface area contributed by atoms with E-state index >= 15 is 0 Å². The molecule has 0 fully saturated rings. The molecule has 0 bridgehead atoms. The van der Waals surface area contributed by atoms with Gasteiger partial charge >= 0.3 is 0 Å². The highest BCUT2D eigenvalue weighted by Crippen LogP contribution is 2.30. The summed E-state index contributed by atoms with van der Waals surface area (Å²) in [5.41, 5.74) is 4.86. The smallest absolute Gasteiger partial charge is 0.150 e. The molecule has 0 amide bonds. The van der Waals surface area contributed by atoms with Crippen molar-refractivity contribution >= 4 is 17.3 Å². The van der Waals surface area contributed by atoms with E-state index in [1.807, 2.05) is 43.3 Å². The lowest BCUT2D eigenvalue weighted by molar-refractivity contribution is 0.112. The number of benzene rings is 2. The van der Waals surface area contributed by atoms with E-state index in [-0.39, 0.29) is 0 Å². The van der Waals surface area contributed by atoms with Gasteiger partial charge in [0.25, 0.3) is 0 Å². The van der Waals surface area contributed by atoms with Crippen LogP contribution in [-0.2, 0) is 0 Å². The normalized spacial score (nSPS) is 10.8. The molecular formula is C17H14O2. The van der Waals surface area contributed by atoms with Crippen molar-refractivity contribution in [3.63, 3.8) is 0 Å². The fourth-order valence-electron chi connectivity index (χ4n) is 2.33. The van der Waals surface area contributed by atoms with E-state index in [1.54, 1.807) is 0 Å². The van der Waals surface area contributed by atoms with Crippen molar-refractivity contribution in [3.05, 3.63) is 59.2 Å². The molecule has 0 aliphatic heterocycles. The van der Waals surface area contributed by atoms with Crippen LogP contribution in [0.1, 0.15) is 21.5 Å². The average Bonchev–Trinajstić information content (AvgIpc) is 2.81. The third-order valence-corrected chi connectivity index (χ3v) is 3.32. The van der Waals surface area contributed by atoms with Crippen LogP contribution in [0.2, 0.25) is 0 Å². The minimum atomic E-state index is 0.688. The van der Waals surface area contributed by atoms with E-state index in [0.29, 0.717) is 5.56 Å². The summed E-state index contributed by atoms with van der Waals surface area (Å²) >= 11 is 0. The molecule has 19 heavy (non-hydrogen) atoms. The highest BCUT2D eigenvalue weighted by Gasteiger charge is 2.09. The molecule has 0 radical (unpaired) electrons. The summed E-state index contributed by atoms with van der Waals surface area (Å²) in [5, 5.41) is 1.11. The van der Waals surface area contributed by atoms with Gasteiger partial charge in [0.05, 0.1) is 0 Å². The van der Waals surface area contributed by atoms with Crippen LogP contribution in [0.15, 0.2) is 46.9 Å². The van der Waals surface area contributed by atoms with Crippen molar-refractivity contribution in [1.29, 1.82) is 0 Å². The first-order chi connectivity index (χ1) is 9.17. The minimum absolute atomic E-state index is 0.688. The third-order valence-electron chi connectivity index (χ3n) is 3.32. The number of carbonyl (C=O) groups is 1. The van der Waals surface area contributed by atoms with E-state index in [9.17, 15) is 4.79 Å². The molecule has 2 nitrogen and oxygen atoms in total. The Bertz CT molecular complexity index is 766. The number of rotatable bonds is 2. The van der Waals surface area contributed by atoms with Crippen molar-refractivity contribution in [2.45, 2.75) is 13.8 Å². The number of hydrogen-bond donors (Lipinski definition) is 0. The SMILES string of the molecule is Cc1ccc2oc(-c3ccc(C=O)cc3C)cc2c1. The topological polar surface area (TPSA) is 30.2 Å². The van der Waals surface area contributed by atoms with E-state index < -0.39 is 0 Å². The molecule has 0 spiro atoms. The first-order valence-corrected chi connectivity index (χ1v) is 6.24. The minimum Gasteiger partial charge on any atom is -0.456 e. The predicted molar refractivity (Wildman–Crippen MR) is 76.5 cm³/mol. The second-order valence-electron chi connectivity index (χ2n) is 4.84. The van der Waals surface area contributed by atoms with Crippen molar-refractivity contribution in [2.75, 3.05) is 0 Å². The van der Waals surface area contributed by atoms with Gasteiger partial charge in [-0.05, 0) is 43.7 Å². The van der Waals surface area contributed by atoms with Crippen molar-refractivity contribution in [3.8, 4) is 11.3 Å². The van der Waals surface area contributed by atoms with Crippen LogP contribution in [-0.4, -0.2) is 6.29 Å². The van der Waals surface area contributed by atoms with Crippen LogP contribution in [0, 0.1) is 13.8 Å². The summed E-state index contributed by atoms with van der Waals surface area (Å²) in [6.07, 6.45) is 0.860. The number of aryl methyl sites for hydroxylation is 2. The monoisotopic (exact) mass is 250 g/mol. The molecule has 0 aliphatic rings. The van der Waals surface area contributed by atoms with Crippen LogP contribution in [0.4, 0.5) is 0 Å². The van der Waals surface area contributed by atoms with E-state index in [4.69, 9.17) is 4.42 Å². The summed E-state index contributed by atoms with van der Waals surface area (Å²) in [4.78, 5) is 10.8. The largest absolute Gasteiger partial charge is 0.456 e. The molecule has 1 heterocycles. The summed E-state index contributed by atoms with van der Waals surface area (Å²) in [7, 11) is 0. The van der Waals surface area contributed by atoms with Crippen molar-refractivity contribution < 1.29 is 9.21 Å². The Balaban J connectivity index is 2.16. The van der Waals surface area contributed by atoms with E-state index in [1.165, 1.54) is 5.56 Å². The van der Waals surface area contributed by atoms with Gasteiger partial charge in [-0.2, -0.15) is 0 Å². The third kappa shape index (κ3) is 2.06. The Morgan fingerprint density at radius 1 is 1.00 bits per heavy atom. The second kappa shape index (κ2) is 4.39. The summed E-state index contributed by atoms with van der Waals surface area (Å²) in [6.45, 7) is 4.05. The maximum Gasteiger partial charge on any atom is 0.150 e. The zero-order valence-corrected chi connectivity index (χ0v) is 10.9. The molecule has 1 aromatic heterocycles. The van der Waals surface area contributed by atoms with Crippen molar-refractivity contribution in [1.82, 2.24) is 0 Å². The first-order valence-electron chi connectivity index (χ1n) is 6.24. The van der Waals surface area contributed by atoms with Crippen LogP contribution >= 0.6 is 0 Å². The summed E-state index contributed by atoms with van der Waals surface area (Å²) in [6, 6.07) is 13.8. The summed E-state index contributed by atoms with van der Waals surface area (Å²) < 4.78 is 5.88. The molecule has 3 rings (SSSR count). The van der Waals surface area contributed by atoms with Gasteiger partial charge < -0.3 is 4.42 Å². The molecule has 0 saturated carbocycles. The second-order valence-corrected chi connectivity index (χ2v) is 4.84. The predicted octanol–water partition coefficient (Wildman–Crippen LogP) is 4.53. The number of fused-ring (bicyclic) bond motifs is 1. The number of hydrogen-bond acceptors (Lipinski definition) is 2. The Kier molecular flexibility index (Phi) is 2.71. The van der Waals surface area contributed by atoms with Crippen LogP contribution in [0.25, 0.3) is 22.3 Å². The molecule has 2 heteroatoms. The maximum atomic E-state index is 10.8. The maximum absolute atomic E-state index is 10.8. The van der Waals surface area contributed by atoms with Gasteiger partial charge in [-0.15, -0.1) is 0 Å². The van der Waals surface area contributed by atoms with Gasteiger partial charge in [0.2, 0.25) is 0 Å². The van der Waals surface area contributed by atoms with Gasteiger partial charge in [0.15, 0.2) is 0 Å². The molecule has 3 aromatic rings. The molecule has 0 aliphatic carbocycles. The molecule has 0 atom stereocenters. The Morgan fingerprint density at radius 3 is 2.58 bits per heavy atom. The standard InChI is InChI=1S/C17H14O2/c1-11-3-6-16-14(7-11)9-17(19-16)15-5-4-13(10-18)8-12(15)2/h3-10H,1-2H3. The zero-order chi connectivity index (χ0) is 13.4. The molecule has 0 N–H and O–H groups in total. The zero-order valence-electron chi connectivity index (χ0n) is 10.9. The lowest BCUT2D eigenvalue weighted by Gasteiger charge is -2.02. The van der Waals surface area contributed by atoms with Crippen LogP contribution in [0.5, 0.6) is 0 Å². The first kappa shape index (κ1) is 11.7. The lowest BCUT2D eigenvalue weighted by Crippen LogP contribution is -1.85. The highest BCUT2D eigenvalue weighted by molar-refractivity contribution is 5.85. The van der Waals surface area contributed by atoms with Crippen molar-refractivity contribution in [2.24, 2.45) is 0 Å². The lowest BCUT2D eigenvalue weighted by atomic mass is 10.0. The fourth-order valence-corrected chi connectivity index (χ4v) is 2.33. The molecule has 0 saturated heterocycles. The van der Waals surface area contributed by atoms with E-state index in [2.05, 4.69) is 13.0 Å². The van der Waals surface area contributed by atoms with Crippen LogP contribution < -0.4 is 0 Å². The number of carbonyl (C=O) groups excluding carboxylic acids is 1. The molecule has 2 aromatic carbocycles. The summed E-state index contributed by atoms with van der Waals surface area (Å²) in [5.74, 6) is 0.843. The van der Waals surface area contributed by atoms with Gasteiger partial charge in [-0.3, -0.25) is 4.79 Å². The Morgan fingerprint density at radius 2 is 1.84 bits per heavy atom. The van der Waals surface area contributed by atoms with Gasteiger partial charge in [-0.25, -0.2) is 0 Å². The Hall–Kier alpha value is -2.35. The molecule has 94 valence electrons. The van der Waals surface area contributed by atoms with E-state index in [0.717, 1.165) is 34.1 Å². The number of furan rings is 1. The number of aldehydes is 1. The quantitative estimate of drug-likeness (QED) is 0.625. The van der Waals surface area contributed by atoms with Crippen LogP contribution in [0.3, 0.4) is 0 Å². The van der Waals surface area contributed by atoms with Gasteiger partial charge in [-0.1, -0.05) is 23.8 Å². The molecular weight excluding hydrogens is 236 g/mol. The average molecular weight is 250 g/mol. The highest BCUT2D eigenvalue weighted by atomic mass is 16.3.